The van der Waals surface area contributed by atoms with Gasteiger partial charge in [-0.15, -0.1) is 0 Å². The van der Waals surface area contributed by atoms with Gasteiger partial charge in [-0.25, -0.2) is 4.79 Å². The lowest BCUT2D eigenvalue weighted by Gasteiger charge is -2.38. The summed E-state index contributed by atoms with van der Waals surface area (Å²) in [5.41, 5.74) is 2.41. The van der Waals surface area contributed by atoms with Crippen molar-refractivity contribution in [3.63, 3.8) is 0 Å². The van der Waals surface area contributed by atoms with E-state index in [4.69, 9.17) is 9.47 Å². The Morgan fingerprint density at radius 3 is 2.19 bits per heavy atom. The van der Waals surface area contributed by atoms with E-state index in [9.17, 15) is 9.59 Å². The van der Waals surface area contributed by atoms with Gasteiger partial charge in [-0.3, -0.25) is 14.6 Å². The Labute approximate surface area is 251 Å². The molecule has 2 unspecified atom stereocenters. The van der Waals surface area contributed by atoms with E-state index in [1.165, 1.54) is 37.9 Å². The maximum absolute atomic E-state index is 12.7. The second-order valence-corrected chi connectivity index (χ2v) is 12.2. The van der Waals surface area contributed by atoms with Gasteiger partial charge in [0, 0.05) is 45.8 Å². The number of amides is 1. The molecule has 0 N–H and O–H groups in total. The zero-order chi connectivity index (χ0) is 29.1. The quantitative estimate of drug-likeness (QED) is 0.246. The molecule has 3 aliphatic heterocycles. The Hall–Kier alpha value is -2.94. The van der Waals surface area contributed by atoms with Gasteiger partial charge in [0.05, 0.1) is 12.5 Å². The lowest BCUT2D eigenvalue weighted by atomic mass is 9.91. The number of hydrogen-bond donors (Lipinski definition) is 0. The van der Waals surface area contributed by atoms with E-state index in [0.29, 0.717) is 19.6 Å². The molecule has 8 nitrogen and oxygen atoms in total. The van der Waals surface area contributed by atoms with Crippen molar-refractivity contribution in [3.05, 3.63) is 71.8 Å². The Morgan fingerprint density at radius 2 is 1.50 bits per heavy atom. The Balaban J connectivity index is 0.938. The van der Waals surface area contributed by atoms with E-state index in [2.05, 4.69) is 52.0 Å². The lowest BCUT2D eigenvalue weighted by molar-refractivity contribution is -0.145. The standard InChI is InChI=1S/C34H48N4O4/c1-28-33(37-24-22-35(23-25-37)21-17-32(39)41-27-31-13-6-3-7-14-31)42-34(40)38(28)18-9-8-10-29-15-19-36(20-16-29)26-30-11-4-2-5-12-30/h2-7,11-14,28-29,33H,8-10,15-27H2,1H3. The summed E-state index contributed by atoms with van der Waals surface area (Å²) in [6.07, 6.45) is 6.02. The Kier molecular flexibility index (Phi) is 11.3. The molecule has 2 aromatic rings. The number of hydrogen-bond acceptors (Lipinski definition) is 7. The maximum Gasteiger partial charge on any atom is 0.411 e. The van der Waals surface area contributed by atoms with Crippen molar-refractivity contribution in [3.8, 4) is 0 Å². The van der Waals surface area contributed by atoms with Gasteiger partial charge in [0.25, 0.3) is 0 Å². The third-order valence-electron chi connectivity index (χ3n) is 9.22. The molecule has 0 spiro atoms. The molecule has 0 aliphatic carbocycles. The first-order chi connectivity index (χ1) is 20.5. The number of rotatable bonds is 13. The van der Waals surface area contributed by atoms with E-state index in [1.807, 2.05) is 35.2 Å². The van der Waals surface area contributed by atoms with Gasteiger partial charge in [0.15, 0.2) is 6.23 Å². The molecular formula is C34H48N4O4. The monoisotopic (exact) mass is 576 g/mol. The number of cyclic esters (lactones) is 1. The number of nitrogens with zero attached hydrogens (tertiary/aromatic N) is 4. The number of piperazine rings is 1. The number of carbonyl (C=O) groups is 2. The van der Waals surface area contributed by atoms with Gasteiger partial charge < -0.3 is 19.3 Å². The zero-order valence-corrected chi connectivity index (χ0v) is 25.2. The number of likely N-dealkylation sites (tertiary alicyclic amines) is 1. The van der Waals surface area contributed by atoms with Crippen LogP contribution in [0, 0.1) is 5.92 Å². The van der Waals surface area contributed by atoms with Crippen LogP contribution in [0.25, 0.3) is 0 Å². The van der Waals surface area contributed by atoms with Crippen LogP contribution < -0.4 is 0 Å². The highest BCUT2D eigenvalue weighted by Gasteiger charge is 2.42. The highest BCUT2D eigenvalue weighted by molar-refractivity contribution is 5.70. The van der Waals surface area contributed by atoms with Crippen molar-refractivity contribution in [2.75, 3.05) is 52.4 Å². The average Bonchev–Trinajstić information content (AvgIpc) is 3.31. The molecule has 3 aliphatic rings. The van der Waals surface area contributed by atoms with Crippen LogP contribution in [0.2, 0.25) is 0 Å². The van der Waals surface area contributed by atoms with Gasteiger partial charge >= 0.3 is 12.1 Å². The van der Waals surface area contributed by atoms with Crippen LogP contribution in [0.15, 0.2) is 60.7 Å². The number of piperidine rings is 1. The van der Waals surface area contributed by atoms with E-state index in [1.54, 1.807) is 0 Å². The van der Waals surface area contributed by atoms with E-state index >= 15 is 0 Å². The summed E-state index contributed by atoms with van der Waals surface area (Å²) in [4.78, 5) is 34.0. The first-order valence-electron chi connectivity index (χ1n) is 15.9. The van der Waals surface area contributed by atoms with Crippen molar-refractivity contribution < 1.29 is 19.1 Å². The summed E-state index contributed by atoms with van der Waals surface area (Å²) in [5, 5.41) is 0. The minimum Gasteiger partial charge on any atom is -0.461 e. The van der Waals surface area contributed by atoms with Gasteiger partial charge in [-0.05, 0) is 56.3 Å². The summed E-state index contributed by atoms with van der Waals surface area (Å²) in [7, 11) is 0. The largest absolute Gasteiger partial charge is 0.461 e. The Morgan fingerprint density at radius 1 is 0.833 bits per heavy atom. The van der Waals surface area contributed by atoms with Gasteiger partial charge in [0.1, 0.15) is 6.61 Å². The van der Waals surface area contributed by atoms with E-state index in [0.717, 1.165) is 63.6 Å². The zero-order valence-electron chi connectivity index (χ0n) is 25.2. The van der Waals surface area contributed by atoms with Crippen LogP contribution in [0.1, 0.15) is 56.6 Å². The molecule has 3 saturated heterocycles. The van der Waals surface area contributed by atoms with Crippen molar-refractivity contribution >= 4 is 12.1 Å². The van der Waals surface area contributed by atoms with Crippen LogP contribution in [0.4, 0.5) is 4.79 Å². The number of benzene rings is 2. The molecule has 2 aromatic carbocycles. The van der Waals surface area contributed by atoms with Gasteiger partial charge in [-0.2, -0.15) is 0 Å². The summed E-state index contributed by atoms with van der Waals surface area (Å²) in [6.45, 7) is 10.7. The normalized spacial score (nSPS) is 22.8. The average molecular weight is 577 g/mol. The number of carbonyl (C=O) groups excluding carboxylic acids is 2. The van der Waals surface area contributed by atoms with Crippen molar-refractivity contribution in [2.45, 2.75) is 70.9 Å². The van der Waals surface area contributed by atoms with Crippen LogP contribution >= 0.6 is 0 Å². The van der Waals surface area contributed by atoms with Crippen molar-refractivity contribution in [1.82, 2.24) is 19.6 Å². The number of unbranched alkanes of at least 4 members (excludes halogenated alkanes) is 1. The molecule has 1 amide bonds. The fraction of sp³-hybridized carbons (Fsp3) is 0.588. The van der Waals surface area contributed by atoms with Crippen molar-refractivity contribution in [1.29, 1.82) is 0 Å². The highest BCUT2D eigenvalue weighted by atomic mass is 16.6. The predicted molar refractivity (Wildman–Crippen MR) is 164 cm³/mol. The lowest BCUT2D eigenvalue weighted by Crippen LogP contribution is -2.53. The minimum atomic E-state index is -0.190. The molecular weight excluding hydrogens is 528 g/mol. The van der Waals surface area contributed by atoms with Gasteiger partial charge in [0.2, 0.25) is 0 Å². The molecule has 0 radical (unpaired) electrons. The molecule has 5 rings (SSSR count). The van der Waals surface area contributed by atoms with Crippen LogP contribution in [-0.4, -0.2) is 96.3 Å². The first kappa shape index (κ1) is 30.5. The summed E-state index contributed by atoms with van der Waals surface area (Å²) >= 11 is 0. The van der Waals surface area contributed by atoms with E-state index in [-0.39, 0.29) is 24.3 Å². The first-order valence-corrected chi connectivity index (χ1v) is 15.9. The van der Waals surface area contributed by atoms with E-state index < -0.39 is 0 Å². The number of esters is 1. The summed E-state index contributed by atoms with van der Waals surface area (Å²) in [6, 6.07) is 20.6. The van der Waals surface area contributed by atoms with Gasteiger partial charge in [-0.1, -0.05) is 73.5 Å². The van der Waals surface area contributed by atoms with Crippen LogP contribution in [0.3, 0.4) is 0 Å². The minimum absolute atomic E-state index is 0.0539. The molecule has 2 atom stereocenters. The molecule has 0 bridgehead atoms. The second-order valence-electron chi connectivity index (χ2n) is 12.2. The summed E-state index contributed by atoms with van der Waals surface area (Å²) in [5.74, 6) is 0.638. The molecule has 8 heteroatoms. The molecule has 3 fully saturated rings. The van der Waals surface area contributed by atoms with Crippen LogP contribution in [0.5, 0.6) is 0 Å². The fourth-order valence-corrected chi connectivity index (χ4v) is 6.56. The fourth-order valence-electron chi connectivity index (χ4n) is 6.56. The predicted octanol–water partition coefficient (Wildman–Crippen LogP) is 4.99. The smallest absolute Gasteiger partial charge is 0.411 e. The topological polar surface area (TPSA) is 65.6 Å². The van der Waals surface area contributed by atoms with Crippen molar-refractivity contribution in [2.24, 2.45) is 5.92 Å². The third kappa shape index (κ3) is 8.79. The van der Waals surface area contributed by atoms with Crippen LogP contribution in [-0.2, 0) is 27.4 Å². The second kappa shape index (κ2) is 15.5. The number of ether oxygens (including phenoxy) is 2. The highest BCUT2D eigenvalue weighted by Crippen LogP contribution is 2.26. The third-order valence-corrected chi connectivity index (χ3v) is 9.22. The molecule has 0 saturated carbocycles. The molecule has 42 heavy (non-hydrogen) atoms. The molecule has 3 heterocycles. The maximum atomic E-state index is 12.7. The molecule has 0 aromatic heterocycles. The summed E-state index contributed by atoms with van der Waals surface area (Å²) < 4.78 is 11.3. The Bertz CT molecular complexity index is 1100. The SMILES string of the molecule is CC1C(N2CCN(CCC(=O)OCc3ccccc3)CC2)OC(=O)N1CCCCC1CCN(Cc2ccccc2)CC1. The molecule has 228 valence electrons.